The average molecular weight is 547 g/mol. The van der Waals surface area contributed by atoms with Crippen molar-refractivity contribution in [2.24, 2.45) is 4.99 Å². The molecule has 0 bridgehead atoms. The van der Waals surface area contributed by atoms with E-state index in [0.29, 0.717) is 0 Å². The zero-order valence-corrected chi connectivity index (χ0v) is 21.9. The van der Waals surface area contributed by atoms with E-state index in [9.17, 15) is 0 Å². The first-order chi connectivity index (χ1) is 14.8. The van der Waals surface area contributed by atoms with E-state index < -0.39 is 0 Å². The predicted molar refractivity (Wildman–Crippen MR) is 139 cm³/mol. The van der Waals surface area contributed by atoms with E-state index in [4.69, 9.17) is 9.41 Å². The zero-order valence-electron chi connectivity index (χ0n) is 19.5. The third-order valence-electron chi connectivity index (χ3n) is 6.33. The van der Waals surface area contributed by atoms with Gasteiger partial charge in [0.15, 0.2) is 5.96 Å². The van der Waals surface area contributed by atoms with Crippen LogP contribution < -0.4 is 10.6 Å². The van der Waals surface area contributed by atoms with Gasteiger partial charge in [0.1, 0.15) is 5.76 Å². The lowest BCUT2D eigenvalue weighted by atomic mass is 10.2. The molecule has 2 saturated heterocycles. The Morgan fingerprint density at radius 2 is 1.77 bits per heavy atom. The topological polar surface area (TPSA) is 59.3 Å². The largest absolute Gasteiger partial charge is 0.468 e. The summed E-state index contributed by atoms with van der Waals surface area (Å²) < 4.78 is 5.73. The van der Waals surface area contributed by atoms with E-state index in [1.807, 2.05) is 6.07 Å². The summed E-state index contributed by atoms with van der Waals surface area (Å²) in [5, 5.41) is 6.93. The van der Waals surface area contributed by atoms with Crippen LogP contribution in [0.4, 0.5) is 0 Å². The van der Waals surface area contributed by atoms with Crippen LogP contribution in [0.3, 0.4) is 0 Å². The molecule has 31 heavy (non-hydrogen) atoms. The van der Waals surface area contributed by atoms with Gasteiger partial charge in [0.05, 0.1) is 18.8 Å². The Morgan fingerprint density at radius 3 is 2.42 bits per heavy atom. The third-order valence-corrected chi connectivity index (χ3v) is 6.33. The fourth-order valence-corrected chi connectivity index (χ4v) is 4.44. The van der Waals surface area contributed by atoms with Crippen LogP contribution in [-0.4, -0.2) is 92.7 Å². The molecule has 0 aromatic carbocycles. The van der Waals surface area contributed by atoms with Gasteiger partial charge in [-0.15, -0.1) is 24.0 Å². The Morgan fingerprint density at radius 1 is 1.03 bits per heavy atom. The van der Waals surface area contributed by atoms with Crippen LogP contribution in [0.5, 0.6) is 0 Å². The van der Waals surface area contributed by atoms with Gasteiger partial charge in [-0.2, -0.15) is 0 Å². The number of nitrogens with zero attached hydrogens (tertiary/aromatic N) is 4. The Kier molecular flexibility index (Phi) is 12.8. The normalized spacial score (nSPS) is 19.9. The van der Waals surface area contributed by atoms with Gasteiger partial charge < -0.3 is 24.9 Å². The number of unbranched alkanes of at least 4 members (excludes halogenated alkanes) is 1. The summed E-state index contributed by atoms with van der Waals surface area (Å²) in [5.74, 6) is 1.95. The number of likely N-dealkylation sites (N-methyl/N-ethyl adjacent to an activating group) is 1. The number of piperazine rings is 1. The molecule has 0 amide bonds. The first-order valence-corrected chi connectivity index (χ1v) is 12.0. The zero-order chi connectivity index (χ0) is 21.0. The Hall–Kier alpha value is -0.840. The van der Waals surface area contributed by atoms with Crippen molar-refractivity contribution in [2.45, 2.75) is 45.6 Å². The van der Waals surface area contributed by atoms with Gasteiger partial charge >= 0.3 is 0 Å². The van der Waals surface area contributed by atoms with Crippen molar-refractivity contribution < 1.29 is 4.42 Å². The maximum atomic E-state index is 5.73. The van der Waals surface area contributed by atoms with Crippen molar-refractivity contribution in [1.29, 1.82) is 0 Å². The number of guanidine groups is 1. The van der Waals surface area contributed by atoms with Crippen LogP contribution in [0.2, 0.25) is 0 Å². The first kappa shape index (κ1) is 26.4. The van der Waals surface area contributed by atoms with E-state index in [1.165, 1.54) is 65.0 Å². The second-order valence-electron chi connectivity index (χ2n) is 8.40. The van der Waals surface area contributed by atoms with Gasteiger partial charge in [0, 0.05) is 39.3 Å². The lowest BCUT2D eigenvalue weighted by molar-refractivity contribution is 0.136. The fraction of sp³-hybridized carbons (Fsp3) is 0.783. The molecule has 178 valence electrons. The molecule has 2 N–H and O–H groups in total. The molecule has 7 nitrogen and oxygen atoms in total. The molecule has 2 fully saturated rings. The molecule has 0 aliphatic carbocycles. The number of nitrogens with one attached hydrogen (secondary N) is 2. The van der Waals surface area contributed by atoms with E-state index in [-0.39, 0.29) is 30.0 Å². The molecule has 1 unspecified atom stereocenters. The van der Waals surface area contributed by atoms with Gasteiger partial charge in [-0.1, -0.05) is 6.92 Å². The van der Waals surface area contributed by atoms with Gasteiger partial charge in [-0.25, -0.2) is 0 Å². The molecule has 2 aliphatic rings. The Labute approximate surface area is 206 Å². The van der Waals surface area contributed by atoms with Gasteiger partial charge in [0.2, 0.25) is 0 Å². The highest BCUT2D eigenvalue weighted by molar-refractivity contribution is 14.0. The maximum absolute atomic E-state index is 5.73. The molecular weight excluding hydrogens is 503 g/mol. The molecule has 1 aromatic rings. The molecule has 0 radical (unpaired) electrons. The highest BCUT2D eigenvalue weighted by Crippen LogP contribution is 2.25. The number of likely N-dealkylation sites (tertiary alicyclic amines) is 1. The highest BCUT2D eigenvalue weighted by atomic mass is 127. The number of halogens is 1. The Balaban J connectivity index is 0.00000341. The minimum atomic E-state index is 0. The number of hydrogen-bond acceptors (Lipinski definition) is 5. The van der Waals surface area contributed by atoms with Crippen molar-refractivity contribution >= 4 is 29.9 Å². The van der Waals surface area contributed by atoms with E-state index >= 15 is 0 Å². The van der Waals surface area contributed by atoms with Crippen LogP contribution in [-0.2, 0) is 0 Å². The van der Waals surface area contributed by atoms with Crippen LogP contribution in [0.25, 0.3) is 0 Å². The van der Waals surface area contributed by atoms with E-state index in [1.54, 1.807) is 6.26 Å². The molecule has 2 aliphatic heterocycles. The van der Waals surface area contributed by atoms with E-state index in [0.717, 1.165) is 44.4 Å². The molecule has 1 aromatic heterocycles. The van der Waals surface area contributed by atoms with Gasteiger partial charge in [-0.3, -0.25) is 9.89 Å². The first-order valence-electron chi connectivity index (χ1n) is 12.0. The molecule has 1 atom stereocenters. The smallest absolute Gasteiger partial charge is 0.191 e. The summed E-state index contributed by atoms with van der Waals surface area (Å²) in [6, 6.07) is 4.30. The summed E-state index contributed by atoms with van der Waals surface area (Å²) >= 11 is 0. The number of aliphatic imine (C=N–C) groups is 1. The second kappa shape index (κ2) is 15.1. The van der Waals surface area contributed by atoms with Crippen molar-refractivity contribution in [3.05, 3.63) is 24.2 Å². The van der Waals surface area contributed by atoms with Crippen LogP contribution >= 0.6 is 24.0 Å². The van der Waals surface area contributed by atoms with Gasteiger partial charge in [0.25, 0.3) is 0 Å². The molecular formula is C23H43IN6O. The minimum Gasteiger partial charge on any atom is -0.468 e. The van der Waals surface area contributed by atoms with Crippen molar-refractivity contribution in [2.75, 3.05) is 72.0 Å². The summed E-state index contributed by atoms with van der Waals surface area (Å²) in [6.07, 6.45) is 6.72. The lowest BCUT2D eigenvalue weighted by Gasteiger charge is -2.34. The standard InChI is InChI=1S/C23H42N6O.HI/c1-3-24-23(25-11-5-6-12-28-17-15-27(4-2)16-18-28)26-20-21(22-10-9-19-30-22)29-13-7-8-14-29;/h9-10,19,21H,3-8,11-18,20H2,1-2H3,(H2,24,25,26);1H. The summed E-state index contributed by atoms with van der Waals surface area (Å²) in [4.78, 5) is 12.5. The predicted octanol–water partition coefficient (Wildman–Crippen LogP) is 3.01. The van der Waals surface area contributed by atoms with Crippen LogP contribution in [0, 0.1) is 0 Å². The lowest BCUT2D eigenvalue weighted by Crippen LogP contribution is -2.46. The van der Waals surface area contributed by atoms with Crippen molar-refractivity contribution in [1.82, 2.24) is 25.3 Å². The number of furan rings is 1. The Bertz CT molecular complexity index is 597. The number of rotatable bonds is 11. The quantitative estimate of drug-likeness (QED) is 0.193. The molecule has 3 heterocycles. The molecule has 3 rings (SSSR count). The third kappa shape index (κ3) is 8.90. The molecule has 0 saturated carbocycles. The SMILES string of the molecule is CCNC(=NCC(c1ccco1)N1CCCC1)NCCCCN1CCN(CC)CC1.I. The summed E-state index contributed by atoms with van der Waals surface area (Å²) in [7, 11) is 0. The second-order valence-corrected chi connectivity index (χ2v) is 8.40. The van der Waals surface area contributed by atoms with Crippen molar-refractivity contribution in [3.63, 3.8) is 0 Å². The van der Waals surface area contributed by atoms with Crippen molar-refractivity contribution in [3.8, 4) is 0 Å². The number of hydrogen-bond donors (Lipinski definition) is 2. The molecule has 8 heteroatoms. The van der Waals surface area contributed by atoms with E-state index in [2.05, 4.69) is 45.2 Å². The highest BCUT2D eigenvalue weighted by Gasteiger charge is 2.25. The van der Waals surface area contributed by atoms with Crippen LogP contribution in [0.1, 0.15) is 51.3 Å². The maximum Gasteiger partial charge on any atom is 0.191 e. The minimum absolute atomic E-state index is 0. The average Bonchev–Trinajstić information content (AvgIpc) is 3.49. The molecule has 0 spiro atoms. The monoisotopic (exact) mass is 546 g/mol. The van der Waals surface area contributed by atoms with Crippen LogP contribution in [0.15, 0.2) is 27.8 Å². The summed E-state index contributed by atoms with van der Waals surface area (Å²) in [6.45, 7) is 16.5. The van der Waals surface area contributed by atoms with Gasteiger partial charge in [-0.05, 0) is 70.9 Å². The summed E-state index contributed by atoms with van der Waals surface area (Å²) in [5.41, 5.74) is 0. The fourth-order valence-electron chi connectivity index (χ4n) is 4.44.